The Morgan fingerprint density at radius 3 is 2.05 bits per heavy atom. The fourth-order valence-corrected chi connectivity index (χ4v) is 2.25. The van der Waals surface area contributed by atoms with E-state index >= 15 is 0 Å². The number of rotatable bonds is 6. The van der Waals surface area contributed by atoms with E-state index in [1.165, 1.54) is 11.1 Å². The molecule has 0 heterocycles. The molecule has 1 unspecified atom stereocenters. The highest BCUT2D eigenvalue weighted by Crippen LogP contribution is 2.21. The first-order chi connectivity index (χ1) is 9.66. The molecule has 0 aliphatic heterocycles. The van der Waals surface area contributed by atoms with Gasteiger partial charge in [-0.3, -0.25) is 0 Å². The largest absolute Gasteiger partial charge is 0.494 e. The molecule has 0 N–H and O–H groups in total. The van der Waals surface area contributed by atoms with Crippen LogP contribution in [0.25, 0.3) is 0 Å². The van der Waals surface area contributed by atoms with Gasteiger partial charge in [0.15, 0.2) is 0 Å². The lowest BCUT2D eigenvalue weighted by atomic mass is 9.98. The summed E-state index contributed by atoms with van der Waals surface area (Å²) in [6, 6.07) is 19.1. The molecule has 1 nitrogen and oxygen atoms in total. The highest BCUT2D eigenvalue weighted by Gasteiger charge is 2.05. The normalized spacial score (nSPS) is 12.4. The molecule has 0 saturated carbocycles. The van der Waals surface area contributed by atoms with E-state index in [0.717, 1.165) is 18.8 Å². The van der Waals surface area contributed by atoms with E-state index in [1.807, 2.05) is 0 Å². The zero-order chi connectivity index (χ0) is 14.4. The Labute approximate surface area is 122 Å². The maximum atomic E-state index is 5.83. The van der Waals surface area contributed by atoms with Gasteiger partial charge in [0.1, 0.15) is 5.75 Å². The molecule has 1 heteroatoms. The number of ether oxygens (including phenoxy) is 1. The first-order valence-corrected chi connectivity index (χ1v) is 7.44. The standard InChI is InChI=1S/C19H24O/c1-15(2)17-9-11-19(12-10-17)20-14-13-16(3)18-7-5-4-6-8-18/h4-12,15-16H,13-14H2,1-3H3. The summed E-state index contributed by atoms with van der Waals surface area (Å²) in [6.07, 6.45) is 1.04. The molecular formula is C19H24O. The summed E-state index contributed by atoms with van der Waals surface area (Å²) in [5.41, 5.74) is 2.74. The van der Waals surface area contributed by atoms with E-state index in [-0.39, 0.29) is 0 Å². The molecule has 2 rings (SSSR count). The van der Waals surface area contributed by atoms with Gasteiger partial charge in [0.2, 0.25) is 0 Å². The van der Waals surface area contributed by atoms with Crippen LogP contribution in [0.2, 0.25) is 0 Å². The monoisotopic (exact) mass is 268 g/mol. The Bertz CT molecular complexity index is 499. The lowest BCUT2D eigenvalue weighted by molar-refractivity contribution is 0.300. The van der Waals surface area contributed by atoms with Crippen LogP contribution < -0.4 is 4.74 Å². The summed E-state index contributed by atoms with van der Waals surface area (Å²) < 4.78 is 5.83. The lowest BCUT2D eigenvalue weighted by Gasteiger charge is -2.13. The second-order valence-corrected chi connectivity index (χ2v) is 5.67. The Kier molecular flexibility index (Phi) is 5.23. The fourth-order valence-electron chi connectivity index (χ4n) is 2.25. The zero-order valence-corrected chi connectivity index (χ0v) is 12.7. The van der Waals surface area contributed by atoms with Crippen LogP contribution in [-0.4, -0.2) is 6.61 Å². The van der Waals surface area contributed by atoms with Gasteiger partial charge >= 0.3 is 0 Å². The van der Waals surface area contributed by atoms with Gasteiger partial charge in [-0.1, -0.05) is 63.2 Å². The average molecular weight is 268 g/mol. The van der Waals surface area contributed by atoms with E-state index < -0.39 is 0 Å². The Balaban J connectivity index is 1.81. The highest BCUT2D eigenvalue weighted by molar-refractivity contribution is 5.28. The van der Waals surface area contributed by atoms with Gasteiger partial charge in [-0.15, -0.1) is 0 Å². The van der Waals surface area contributed by atoms with Crippen LogP contribution >= 0.6 is 0 Å². The van der Waals surface area contributed by atoms with Gasteiger partial charge < -0.3 is 4.74 Å². The van der Waals surface area contributed by atoms with Gasteiger partial charge in [-0.2, -0.15) is 0 Å². The molecule has 20 heavy (non-hydrogen) atoms. The third kappa shape index (κ3) is 4.12. The van der Waals surface area contributed by atoms with Gasteiger partial charge in [-0.05, 0) is 41.5 Å². The first-order valence-electron chi connectivity index (χ1n) is 7.44. The second kappa shape index (κ2) is 7.14. The van der Waals surface area contributed by atoms with Crippen molar-refractivity contribution in [1.82, 2.24) is 0 Å². The summed E-state index contributed by atoms with van der Waals surface area (Å²) in [4.78, 5) is 0. The minimum absolute atomic E-state index is 0.533. The summed E-state index contributed by atoms with van der Waals surface area (Å²) in [5.74, 6) is 2.07. The smallest absolute Gasteiger partial charge is 0.119 e. The lowest BCUT2D eigenvalue weighted by Crippen LogP contribution is -2.03. The SMILES string of the molecule is CC(C)c1ccc(OCCC(C)c2ccccc2)cc1. The van der Waals surface area contributed by atoms with Crippen LogP contribution in [-0.2, 0) is 0 Å². The molecule has 0 radical (unpaired) electrons. The maximum Gasteiger partial charge on any atom is 0.119 e. The molecule has 0 aliphatic rings. The number of benzene rings is 2. The summed E-state index contributed by atoms with van der Waals surface area (Å²) in [5, 5.41) is 0. The van der Waals surface area contributed by atoms with Crippen LogP contribution in [0.1, 0.15) is 50.2 Å². The van der Waals surface area contributed by atoms with E-state index in [9.17, 15) is 0 Å². The first kappa shape index (κ1) is 14.6. The predicted molar refractivity (Wildman–Crippen MR) is 85.5 cm³/mol. The van der Waals surface area contributed by atoms with E-state index in [1.54, 1.807) is 0 Å². The average Bonchev–Trinajstić information content (AvgIpc) is 2.48. The molecule has 0 spiro atoms. The van der Waals surface area contributed by atoms with E-state index in [2.05, 4.69) is 75.4 Å². The molecule has 2 aromatic rings. The third-order valence-corrected chi connectivity index (χ3v) is 3.73. The molecule has 0 aromatic heterocycles. The van der Waals surface area contributed by atoms with Crippen molar-refractivity contribution in [3.05, 3.63) is 65.7 Å². The number of hydrogen-bond donors (Lipinski definition) is 0. The summed E-state index contributed by atoms with van der Waals surface area (Å²) >= 11 is 0. The minimum Gasteiger partial charge on any atom is -0.494 e. The van der Waals surface area contributed by atoms with Crippen LogP contribution in [0.15, 0.2) is 54.6 Å². The van der Waals surface area contributed by atoms with Crippen molar-refractivity contribution in [2.75, 3.05) is 6.61 Å². The summed E-state index contributed by atoms with van der Waals surface area (Å²) in [7, 11) is 0. The quantitative estimate of drug-likeness (QED) is 0.683. The van der Waals surface area contributed by atoms with Crippen molar-refractivity contribution >= 4 is 0 Å². The van der Waals surface area contributed by atoms with Crippen molar-refractivity contribution in [3.8, 4) is 5.75 Å². The van der Waals surface area contributed by atoms with Gasteiger partial charge in [0.05, 0.1) is 6.61 Å². The maximum absolute atomic E-state index is 5.83. The Morgan fingerprint density at radius 2 is 1.45 bits per heavy atom. The zero-order valence-electron chi connectivity index (χ0n) is 12.7. The van der Waals surface area contributed by atoms with Crippen molar-refractivity contribution in [3.63, 3.8) is 0 Å². The van der Waals surface area contributed by atoms with E-state index in [4.69, 9.17) is 4.74 Å². The van der Waals surface area contributed by atoms with Gasteiger partial charge in [0, 0.05) is 0 Å². The van der Waals surface area contributed by atoms with Crippen molar-refractivity contribution < 1.29 is 4.74 Å². The van der Waals surface area contributed by atoms with Gasteiger partial charge in [0.25, 0.3) is 0 Å². The highest BCUT2D eigenvalue weighted by atomic mass is 16.5. The van der Waals surface area contributed by atoms with Crippen LogP contribution in [0.4, 0.5) is 0 Å². The fraction of sp³-hybridized carbons (Fsp3) is 0.368. The Hall–Kier alpha value is -1.76. The van der Waals surface area contributed by atoms with Crippen molar-refractivity contribution in [1.29, 1.82) is 0 Å². The van der Waals surface area contributed by atoms with Crippen LogP contribution in [0.3, 0.4) is 0 Å². The summed E-state index contributed by atoms with van der Waals surface area (Å²) in [6.45, 7) is 7.42. The molecule has 0 bridgehead atoms. The topological polar surface area (TPSA) is 9.23 Å². The van der Waals surface area contributed by atoms with Crippen LogP contribution in [0, 0.1) is 0 Å². The third-order valence-electron chi connectivity index (χ3n) is 3.73. The van der Waals surface area contributed by atoms with Crippen molar-refractivity contribution in [2.24, 2.45) is 0 Å². The minimum atomic E-state index is 0.533. The molecule has 2 aromatic carbocycles. The Morgan fingerprint density at radius 1 is 0.800 bits per heavy atom. The molecule has 0 saturated heterocycles. The molecular weight excluding hydrogens is 244 g/mol. The molecule has 0 aliphatic carbocycles. The molecule has 0 fully saturated rings. The molecule has 106 valence electrons. The van der Waals surface area contributed by atoms with Crippen LogP contribution in [0.5, 0.6) is 5.75 Å². The van der Waals surface area contributed by atoms with E-state index in [0.29, 0.717) is 11.8 Å². The predicted octanol–water partition coefficient (Wildman–Crippen LogP) is 5.38. The molecule has 1 atom stereocenters. The number of hydrogen-bond acceptors (Lipinski definition) is 1. The van der Waals surface area contributed by atoms with Crippen molar-refractivity contribution in [2.45, 2.75) is 39.0 Å². The second-order valence-electron chi connectivity index (χ2n) is 5.67. The van der Waals surface area contributed by atoms with Gasteiger partial charge in [-0.25, -0.2) is 0 Å². The molecule has 0 amide bonds.